The second-order valence-corrected chi connectivity index (χ2v) is 4.72. The van der Waals surface area contributed by atoms with Crippen LogP contribution in [0.25, 0.3) is 0 Å². The molecule has 0 aromatic heterocycles. The average molecular weight is 275 g/mol. The monoisotopic (exact) mass is 275 g/mol. The van der Waals surface area contributed by atoms with Crippen LogP contribution in [-0.2, 0) is 14.3 Å². The summed E-state index contributed by atoms with van der Waals surface area (Å²) < 4.78 is 4.96. The largest absolute Gasteiger partial charge is 0.462 e. The first-order valence-electron chi connectivity index (χ1n) is 6.61. The van der Waals surface area contributed by atoms with Crippen molar-refractivity contribution in [3.63, 3.8) is 0 Å². The Morgan fingerprint density at radius 2 is 1.85 bits per heavy atom. The van der Waals surface area contributed by atoms with Crippen LogP contribution in [0.4, 0.5) is 0 Å². The zero-order valence-corrected chi connectivity index (χ0v) is 12.4. The lowest BCUT2D eigenvalue weighted by molar-refractivity contribution is -0.140. The topological polar surface area (TPSA) is 46.6 Å². The van der Waals surface area contributed by atoms with Crippen LogP contribution in [0.3, 0.4) is 0 Å². The summed E-state index contributed by atoms with van der Waals surface area (Å²) in [5.41, 5.74) is 0.958. The summed E-state index contributed by atoms with van der Waals surface area (Å²) in [7, 11) is 3.53. The van der Waals surface area contributed by atoms with Gasteiger partial charge in [-0.05, 0) is 12.5 Å². The molecule has 0 spiro atoms. The van der Waals surface area contributed by atoms with Crippen molar-refractivity contribution in [2.45, 2.75) is 19.8 Å². The number of esters is 1. The number of rotatable bonds is 6. The Kier molecular flexibility index (Phi) is 5.97. The normalized spacial score (nSPS) is 12.7. The molecule has 0 aliphatic carbocycles. The number of hydrogen-bond acceptors (Lipinski definition) is 4. The molecule has 4 heteroatoms. The van der Waals surface area contributed by atoms with E-state index in [-0.39, 0.29) is 23.9 Å². The highest BCUT2D eigenvalue weighted by Crippen LogP contribution is 2.20. The van der Waals surface area contributed by atoms with Gasteiger partial charge in [0.2, 0.25) is 0 Å². The van der Waals surface area contributed by atoms with Gasteiger partial charge in [0.15, 0.2) is 5.78 Å². The molecule has 1 atom stereocenters. The van der Waals surface area contributed by atoms with Crippen LogP contribution in [0.15, 0.2) is 42.1 Å². The Morgan fingerprint density at radius 3 is 2.35 bits per heavy atom. The van der Waals surface area contributed by atoms with Crippen molar-refractivity contribution in [1.82, 2.24) is 4.90 Å². The summed E-state index contributed by atoms with van der Waals surface area (Å²) >= 11 is 0. The molecule has 1 aromatic rings. The van der Waals surface area contributed by atoms with Crippen LogP contribution in [0, 0.1) is 0 Å². The Balaban J connectivity index is 3.02. The number of benzene rings is 1. The first kappa shape index (κ1) is 16.0. The standard InChI is InChI=1S/C16H21NO3/c1-5-20-16(19)14(11-17(3)4)15(18)12(2)13-9-7-6-8-10-13/h6-12H,5H2,1-4H3. The number of ether oxygens (including phenoxy) is 1. The van der Waals surface area contributed by atoms with Gasteiger partial charge in [-0.15, -0.1) is 0 Å². The van der Waals surface area contributed by atoms with Gasteiger partial charge in [0, 0.05) is 26.2 Å². The maximum atomic E-state index is 12.5. The summed E-state index contributed by atoms with van der Waals surface area (Å²) in [6.07, 6.45) is 1.51. The molecule has 0 aliphatic rings. The van der Waals surface area contributed by atoms with Gasteiger partial charge >= 0.3 is 5.97 Å². The van der Waals surface area contributed by atoms with Gasteiger partial charge in [-0.2, -0.15) is 0 Å². The van der Waals surface area contributed by atoms with Crippen molar-refractivity contribution in [2.75, 3.05) is 20.7 Å². The first-order chi connectivity index (χ1) is 9.47. The third-order valence-corrected chi connectivity index (χ3v) is 2.84. The highest BCUT2D eigenvalue weighted by Gasteiger charge is 2.25. The van der Waals surface area contributed by atoms with E-state index in [9.17, 15) is 9.59 Å². The summed E-state index contributed by atoms with van der Waals surface area (Å²) in [6, 6.07) is 9.39. The highest BCUT2D eigenvalue weighted by molar-refractivity contribution is 6.19. The maximum Gasteiger partial charge on any atom is 0.343 e. The van der Waals surface area contributed by atoms with E-state index in [4.69, 9.17) is 4.74 Å². The van der Waals surface area contributed by atoms with Crippen LogP contribution >= 0.6 is 0 Å². The van der Waals surface area contributed by atoms with Gasteiger partial charge in [0.1, 0.15) is 5.57 Å². The fourth-order valence-corrected chi connectivity index (χ4v) is 1.81. The molecule has 0 fully saturated rings. The molecule has 0 saturated heterocycles. The quantitative estimate of drug-likeness (QED) is 0.346. The lowest BCUT2D eigenvalue weighted by Gasteiger charge is -2.15. The van der Waals surface area contributed by atoms with Crippen molar-refractivity contribution in [3.8, 4) is 0 Å². The minimum atomic E-state index is -0.575. The number of Topliss-reactive ketones (excluding diaryl/α,β-unsaturated/α-hetero) is 1. The molecule has 20 heavy (non-hydrogen) atoms. The van der Waals surface area contributed by atoms with E-state index in [0.717, 1.165) is 5.56 Å². The van der Waals surface area contributed by atoms with E-state index < -0.39 is 5.97 Å². The number of ketones is 1. The Hall–Kier alpha value is -2.10. The van der Waals surface area contributed by atoms with E-state index in [0.29, 0.717) is 0 Å². The fraction of sp³-hybridized carbons (Fsp3) is 0.375. The maximum absolute atomic E-state index is 12.5. The first-order valence-corrected chi connectivity index (χ1v) is 6.61. The SMILES string of the molecule is CCOC(=O)C(=CN(C)C)C(=O)C(C)c1ccccc1. The Labute approximate surface area is 120 Å². The van der Waals surface area contributed by atoms with Crippen LogP contribution in [-0.4, -0.2) is 37.4 Å². The Morgan fingerprint density at radius 1 is 1.25 bits per heavy atom. The minimum Gasteiger partial charge on any atom is -0.462 e. The van der Waals surface area contributed by atoms with Gasteiger partial charge < -0.3 is 9.64 Å². The van der Waals surface area contributed by atoms with E-state index >= 15 is 0 Å². The highest BCUT2D eigenvalue weighted by atomic mass is 16.5. The van der Waals surface area contributed by atoms with Gasteiger partial charge in [-0.1, -0.05) is 37.3 Å². The van der Waals surface area contributed by atoms with E-state index in [1.807, 2.05) is 30.3 Å². The predicted molar refractivity (Wildman–Crippen MR) is 78.3 cm³/mol. The second-order valence-electron chi connectivity index (χ2n) is 4.72. The van der Waals surface area contributed by atoms with Crippen molar-refractivity contribution in [2.24, 2.45) is 0 Å². The third kappa shape index (κ3) is 4.23. The molecule has 108 valence electrons. The lowest BCUT2D eigenvalue weighted by atomic mass is 9.92. The molecule has 1 aromatic carbocycles. The molecule has 0 radical (unpaired) electrons. The molecule has 0 N–H and O–H groups in total. The third-order valence-electron chi connectivity index (χ3n) is 2.84. The van der Waals surface area contributed by atoms with Crippen molar-refractivity contribution < 1.29 is 14.3 Å². The molecular formula is C16H21NO3. The number of carbonyl (C=O) groups excluding carboxylic acids is 2. The van der Waals surface area contributed by atoms with E-state index in [1.165, 1.54) is 6.20 Å². The molecule has 1 rings (SSSR count). The lowest BCUT2D eigenvalue weighted by Crippen LogP contribution is -2.22. The van der Waals surface area contributed by atoms with Gasteiger partial charge in [-0.25, -0.2) is 4.79 Å². The van der Waals surface area contributed by atoms with Gasteiger partial charge in [0.05, 0.1) is 6.61 Å². The molecule has 0 saturated carbocycles. The average Bonchev–Trinajstić information content (AvgIpc) is 2.44. The van der Waals surface area contributed by atoms with Crippen LogP contribution in [0.1, 0.15) is 25.3 Å². The van der Waals surface area contributed by atoms with Crippen molar-refractivity contribution >= 4 is 11.8 Å². The fourth-order valence-electron chi connectivity index (χ4n) is 1.81. The molecule has 4 nitrogen and oxygen atoms in total. The molecular weight excluding hydrogens is 254 g/mol. The second kappa shape index (κ2) is 7.48. The van der Waals surface area contributed by atoms with E-state index in [2.05, 4.69) is 0 Å². The van der Waals surface area contributed by atoms with Crippen LogP contribution in [0.5, 0.6) is 0 Å². The zero-order valence-electron chi connectivity index (χ0n) is 12.4. The minimum absolute atomic E-state index is 0.0770. The summed E-state index contributed by atoms with van der Waals surface area (Å²) in [5.74, 6) is -1.19. The van der Waals surface area contributed by atoms with Gasteiger partial charge in [0.25, 0.3) is 0 Å². The molecule has 1 unspecified atom stereocenters. The summed E-state index contributed by atoms with van der Waals surface area (Å²) in [4.78, 5) is 26.1. The molecule has 0 aliphatic heterocycles. The zero-order chi connectivity index (χ0) is 15.1. The van der Waals surface area contributed by atoms with Gasteiger partial charge in [-0.3, -0.25) is 4.79 Å². The number of hydrogen-bond donors (Lipinski definition) is 0. The smallest absolute Gasteiger partial charge is 0.343 e. The van der Waals surface area contributed by atoms with Crippen molar-refractivity contribution in [3.05, 3.63) is 47.7 Å². The Bertz CT molecular complexity index is 492. The van der Waals surface area contributed by atoms with E-state index in [1.54, 1.807) is 32.8 Å². The molecule has 0 bridgehead atoms. The van der Waals surface area contributed by atoms with Crippen LogP contribution in [0.2, 0.25) is 0 Å². The molecule has 0 heterocycles. The summed E-state index contributed by atoms with van der Waals surface area (Å²) in [5, 5.41) is 0. The van der Waals surface area contributed by atoms with Crippen molar-refractivity contribution in [1.29, 1.82) is 0 Å². The number of nitrogens with zero attached hydrogens (tertiary/aromatic N) is 1. The predicted octanol–water partition coefficient (Wildman–Crippen LogP) is 2.37. The number of carbonyl (C=O) groups is 2. The molecule has 0 amide bonds. The summed E-state index contributed by atoms with van der Waals surface area (Å²) in [6.45, 7) is 3.76. The van der Waals surface area contributed by atoms with Crippen LogP contribution < -0.4 is 0 Å².